The van der Waals surface area contributed by atoms with Crippen molar-refractivity contribution in [3.05, 3.63) is 11.1 Å². The van der Waals surface area contributed by atoms with Gasteiger partial charge in [0.1, 0.15) is 5.38 Å². The highest BCUT2D eigenvalue weighted by Crippen LogP contribution is 2.27. The number of nitrogens with one attached hydrogen (secondary N) is 1. The third-order valence-corrected chi connectivity index (χ3v) is 3.09. The first-order chi connectivity index (χ1) is 6.65. The van der Waals surface area contributed by atoms with Gasteiger partial charge in [-0.15, -0.1) is 28.5 Å². The molecule has 0 bridgehead atoms. The van der Waals surface area contributed by atoms with Crippen molar-refractivity contribution >= 4 is 35.2 Å². The molecule has 14 heavy (non-hydrogen) atoms. The van der Waals surface area contributed by atoms with E-state index in [2.05, 4.69) is 15.5 Å². The molecule has 1 aliphatic rings. The first-order valence-corrected chi connectivity index (χ1v) is 5.19. The van der Waals surface area contributed by atoms with E-state index in [4.69, 9.17) is 11.6 Å². The number of thioether (sulfide) groups is 1. The van der Waals surface area contributed by atoms with Crippen LogP contribution in [0.5, 0.6) is 0 Å². The monoisotopic (exact) mass is 233 g/mol. The minimum atomic E-state index is -0.804. The quantitative estimate of drug-likeness (QED) is 0.737. The van der Waals surface area contributed by atoms with Crippen molar-refractivity contribution in [2.24, 2.45) is 10.2 Å². The Hall–Kier alpha value is -0.880. The van der Waals surface area contributed by atoms with Crippen molar-refractivity contribution < 1.29 is 9.59 Å². The molecular formula is C7H8ClN3O2S. The molecule has 1 unspecified atom stereocenters. The van der Waals surface area contributed by atoms with Gasteiger partial charge in [0.25, 0.3) is 5.91 Å². The van der Waals surface area contributed by atoms with Gasteiger partial charge in [0.2, 0.25) is 5.91 Å². The lowest BCUT2D eigenvalue weighted by atomic mass is 10.4. The van der Waals surface area contributed by atoms with Crippen LogP contribution in [0.4, 0.5) is 0 Å². The largest absolute Gasteiger partial charge is 0.358 e. The summed E-state index contributed by atoms with van der Waals surface area (Å²) >= 11 is 6.92. The molecule has 0 saturated carbocycles. The summed E-state index contributed by atoms with van der Waals surface area (Å²) in [5.74, 6) is -0.405. The van der Waals surface area contributed by atoms with Gasteiger partial charge >= 0.3 is 0 Å². The Morgan fingerprint density at radius 3 is 3.14 bits per heavy atom. The summed E-state index contributed by atoms with van der Waals surface area (Å²) in [5, 5.41) is 8.40. The van der Waals surface area contributed by atoms with Crippen LogP contribution >= 0.6 is 23.4 Å². The molecule has 0 aliphatic carbocycles. The summed E-state index contributed by atoms with van der Waals surface area (Å²) < 4.78 is 0. The average Bonchev–Trinajstić information content (AvgIpc) is 2.20. The molecule has 1 N–H and O–H groups in total. The number of amides is 2. The zero-order valence-corrected chi connectivity index (χ0v) is 8.93. The molecule has 0 saturated heterocycles. The zero-order chi connectivity index (χ0) is 10.6. The maximum absolute atomic E-state index is 11.0. The molecule has 0 radical (unpaired) electrons. The summed E-state index contributed by atoms with van der Waals surface area (Å²) in [5.41, 5.74) is 0. The van der Waals surface area contributed by atoms with Gasteiger partial charge in [-0.2, -0.15) is 5.11 Å². The van der Waals surface area contributed by atoms with E-state index < -0.39 is 11.3 Å². The molecule has 1 aliphatic heterocycles. The fraction of sp³-hybridized carbons (Fsp3) is 0.429. The van der Waals surface area contributed by atoms with E-state index in [1.165, 1.54) is 18.0 Å². The maximum Gasteiger partial charge on any atom is 0.287 e. The first kappa shape index (κ1) is 11.2. The third kappa shape index (κ3) is 2.81. The van der Waals surface area contributed by atoms with Crippen LogP contribution in [0.15, 0.2) is 21.3 Å². The van der Waals surface area contributed by atoms with Crippen LogP contribution in [-0.4, -0.2) is 30.0 Å². The van der Waals surface area contributed by atoms with Crippen LogP contribution in [0, 0.1) is 0 Å². The highest BCUT2D eigenvalue weighted by Gasteiger charge is 2.23. The minimum absolute atomic E-state index is 0.130. The van der Waals surface area contributed by atoms with Crippen LogP contribution in [-0.2, 0) is 9.59 Å². The molecule has 1 atom stereocenters. The summed E-state index contributed by atoms with van der Waals surface area (Å²) in [4.78, 5) is 22.4. The Morgan fingerprint density at radius 1 is 1.79 bits per heavy atom. The topological polar surface area (TPSA) is 70.9 Å². The van der Waals surface area contributed by atoms with Crippen LogP contribution in [0.2, 0.25) is 0 Å². The van der Waals surface area contributed by atoms with Gasteiger partial charge < -0.3 is 5.32 Å². The molecule has 0 spiro atoms. The Kier molecular flexibility index (Phi) is 4.09. The van der Waals surface area contributed by atoms with E-state index >= 15 is 0 Å². The molecular weight excluding hydrogens is 226 g/mol. The van der Waals surface area contributed by atoms with Crippen LogP contribution in [0.25, 0.3) is 0 Å². The minimum Gasteiger partial charge on any atom is -0.358 e. The number of halogens is 1. The number of carbonyl (C=O) groups excluding carboxylic acids is 2. The van der Waals surface area contributed by atoms with Gasteiger partial charge in [-0.1, -0.05) is 0 Å². The number of azo groups is 1. The lowest BCUT2D eigenvalue weighted by Crippen LogP contribution is -2.22. The van der Waals surface area contributed by atoms with Crippen molar-refractivity contribution in [2.75, 3.05) is 12.8 Å². The second-order valence-corrected chi connectivity index (χ2v) is 3.89. The summed E-state index contributed by atoms with van der Waals surface area (Å²) in [7, 11) is 1.54. The van der Waals surface area contributed by atoms with Crippen molar-refractivity contribution in [1.82, 2.24) is 5.32 Å². The van der Waals surface area contributed by atoms with Gasteiger partial charge in [0, 0.05) is 12.0 Å². The van der Waals surface area contributed by atoms with Gasteiger partial charge in [-0.3, -0.25) is 9.59 Å². The molecule has 1 heterocycles. The van der Waals surface area contributed by atoms with Crippen molar-refractivity contribution in [3.63, 3.8) is 0 Å². The molecule has 7 heteroatoms. The van der Waals surface area contributed by atoms with E-state index in [0.717, 1.165) is 0 Å². The normalized spacial score (nSPS) is 20.6. The van der Waals surface area contributed by atoms with E-state index in [1.54, 1.807) is 7.05 Å². The van der Waals surface area contributed by atoms with Crippen LogP contribution < -0.4 is 5.32 Å². The smallest absolute Gasteiger partial charge is 0.287 e. The Labute approximate surface area is 90.0 Å². The summed E-state index contributed by atoms with van der Waals surface area (Å²) in [6.07, 6.45) is 1.40. The Morgan fingerprint density at radius 2 is 2.50 bits per heavy atom. The van der Waals surface area contributed by atoms with E-state index in [1.807, 2.05) is 0 Å². The SMILES string of the molecule is CNC(=O)CSC1=CN=NC(=O)C1Cl. The van der Waals surface area contributed by atoms with Gasteiger partial charge in [0.15, 0.2) is 0 Å². The van der Waals surface area contributed by atoms with Gasteiger partial charge in [0.05, 0.1) is 12.0 Å². The molecule has 0 aromatic rings. The molecule has 5 nitrogen and oxygen atoms in total. The van der Waals surface area contributed by atoms with Crippen molar-refractivity contribution in [1.29, 1.82) is 0 Å². The van der Waals surface area contributed by atoms with Crippen molar-refractivity contribution in [3.8, 4) is 0 Å². The molecule has 1 rings (SSSR count). The maximum atomic E-state index is 11.0. The number of hydrogen-bond donors (Lipinski definition) is 1. The number of carbonyl (C=O) groups is 2. The van der Waals surface area contributed by atoms with Crippen molar-refractivity contribution in [2.45, 2.75) is 5.38 Å². The zero-order valence-electron chi connectivity index (χ0n) is 7.36. The Balaban J connectivity index is 2.52. The summed E-state index contributed by atoms with van der Waals surface area (Å²) in [6.45, 7) is 0. The van der Waals surface area contributed by atoms with E-state index in [9.17, 15) is 9.59 Å². The molecule has 0 aromatic carbocycles. The van der Waals surface area contributed by atoms with E-state index in [-0.39, 0.29) is 11.7 Å². The molecule has 2 amide bonds. The average molecular weight is 234 g/mol. The second kappa shape index (κ2) is 5.11. The first-order valence-electron chi connectivity index (χ1n) is 3.77. The predicted octanol–water partition coefficient (Wildman–Crippen LogP) is 0.907. The van der Waals surface area contributed by atoms with E-state index in [0.29, 0.717) is 4.91 Å². The third-order valence-electron chi connectivity index (χ3n) is 1.46. The lowest BCUT2D eigenvalue weighted by molar-refractivity contribution is -0.118. The molecule has 0 aromatic heterocycles. The standard InChI is InChI=1S/C7H8ClN3O2S/c1-9-5(12)3-14-4-2-10-11-7(13)6(4)8/h2,6H,3H2,1H3,(H,9,12). The number of rotatable bonds is 3. The lowest BCUT2D eigenvalue weighted by Gasteiger charge is -2.10. The Bertz CT molecular complexity index is 316. The fourth-order valence-corrected chi connectivity index (χ4v) is 1.81. The highest BCUT2D eigenvalue weighted by molar-refractivity contribution is 8.03. The number of nitrogens with zero attached hydrogens (tertiary/aromatic N) is 2. The summed E-state index contributed by atoms with van der Waals surface area (Å²) in [6, 6.07) is 0. The van der Waals surface area contributed by atoms with Crippen LogP contribution in [0.1, 0.15) is 0 Å². The highest BCUT2D eigenvalue weighted by atomic mass is 35.5. The molecule has 76 valence electrons. The number of alkyl halides is 1. The fourth-order valence-electron chi connectivity index (χ4n) is 0.712. The van der Waals surface area contributed by atoms with Crippen LogP contribution in [0.3, 0.4) is 0 Å². The number of hydrogen-bond acceptors (Lipinski definition) is 4. The van der Waals surface area contributed by atoms with Gasteiger partial charge in [-0.05, 0) is 0 Å². The second-order valence-electron chi connectivity index (χ2n) is 2.41. The predicted molar refractivity (Wildman–Crippen MR) is 54.1 cm³/mol. The van der Waals surface area contributed by atoms with Gasteiger partial charge in [-0.25, -0.2) is 0 Å². The molecule has 0 fully saturated rings.